The second-order valence-electron chi connectivity index (χ2n) is 2.68. The first-order chi connectivity index (χ1) is 6.58. The fourth-order valence-corrected chi connectivity index (χ4v) is 2.45. The fraction of sp³-hybridized carbons (Fsp3) is 0.375. The molecule has 0 aliphatic carbocycles. The number of alkyl halides is 1. The van der Waals surface area contributed by atoms with E-state index in [9.17, 15) is 8.42 Å². The standard InChI is InChI=1S/C8H11ClN2O2S/c1-11(14(12,13)7-4-9)8-2-5-10-6-3-8/h2-3,5-6H,4,7H2,1H3. The van der Waals surface area contributed by atoms with Crippen LogP contribution in [0.5, 0.6) is 0 Å². The van der Waals surface area contributed by atoms with Crippen LogP contribution in [0, 0.1) is 0 Å². The molecule has 0 fully saturated rings. The molecule has 0 aliphatic rings. The van der Waals surface area contributed by atoms with E-state index in [0.717, 1.165) is 0 Å². The van der Waals surface area contributed by atoms with Crippen molar-refractivity contribution in [1.82, 2.24) is 4.98 Å². The smallest absolute Gasteiger partial charge is 0.236 e. The van der Waals surface area contributed by atoms with Gasteiger partial charge in [-0.2, -0.15) is 0 Å². The van der Waals surface area contributed by atoms with Gasteiger partial charge >= 0.3 is 0 Å². The topological polar surface area (TPSA) is 50.3 Å². The van der Waals surface area contributed by atoms with Crippen molar-refractivity contribution in [1.29, 1.82) is 0 Å². The number of hydrogen-bond donors (Lipinski definition) is 0. The van der Waals surface area contributed by atoms with Crippen LogP contribution in [0.4, 0.5) is 5.69 Å². The third-order valence-corrected chi connectivity index (χ3v) is 3.96. The highest BCUT2D eigenvalue weighted by atomic mass is 35.5. The van der Waals surface area contributed by atoms with Gasteiger partial charge < -0.3 is 0 Å². The number of halogens is 1. The van der Waals surface area contributed by atoms with Gasteiger partial charge in [-0.25, -0.2) is 8.42 Å². The van der Waals surface area contributed by atoms with Gasteiger partial charge in [-0.15, -0.1) is 11.6 Å². The van der Waals surface area contributed by atoms with E-state index in [-0.39, 0.29) is 11.6 Å². The molecule has 0 atom stereocenters. The van der Waals surface area contributed by atoms with Crippen LogP contribution in [-0.2, 0) is 10.0 Å². The van der Waals surface area contributed by atoms with Gasteiger partial charge in [0.15, 0.2) is 0 Å². The second kappa shape index (κ2) is 4.61. The Bertz CT molecular complexity index is 380. The minimum atomic E-state index is -3.29. The lowest BCUT2D eigenvalue weighted by molar-refractivity contribution is 0.596. The summed E-state index contributed by atoms with van der Waals surface area (Å²) in [5.41, 5.74) is 0.588. The Kier molecular flexibility index (Phi) is 3.71. The van der Waals surface area contributed by atoms with E-state index in [1.54, 1.807) is 24.5 Å². The Hall–Kier alpha value is -0.810. The maximum absolute atomic E-state index is 11.6. The quantitative estimate of drug-likeness (QED) is 0.733. The molecule has 4 nitrogen and oxygen atoms in total. The average molecular weight is 235 g/mol. The zero-order valence-corrected chi connectivity index (χ0v) is 9.29. The highest BCUT2D eigenvalue weighted by molar-refractivity contribution is 7.92. The van der Waals surface area contributed by atoms with Crippen molar-refractivity contribution in [2.45, 2.75) is 0 Å². The van der Waals surface area contributed by atoms with Gasteiger partial charge in [0, 0.05) is 25.3 Å². The van der Waals surface area contributed by atoms with Gasteiger partial charge in [0.05, 0.1) is 11.4 Å². The van der Waals surface area contributed by atoms with Gasteiger partial charge in [-0.1, -0.05) is 0 Å². The van der Waals surface area contributed by atoms with E-state index in [2.05, 4.69) is 4.98 Å². The molecular formula is C8H11ClN2O2S. The number of rotatable bonds is 4. The summed E-state index contributed by atoms with van der Waals surface area (Å²) in [5, 5.41) is 0. The minimum Gasteiger partial charge on any atom is -0.273 e. The molecule has 0 spiro atoms. The summed E-state index contributed by atoms with van der Waals surface area (Å²) in [4.78, 5) is 3.81. The number of nitrogens with zero attached hydrogens (tertiary/aromatic N) is 2. The zero-order valence-electron chi connectivity index (χ0n) is 7.72. The summed E-state index contributed by atoms with van der Waals surface area (Å²) in [6.45, 7) is 0. The van der Waals surface area contributed by atoms with Crippen LogP contribution in [0.25, 0.3) is 0 Å². The van der Waals surface area contributed by atoms with Crippen molar-refractivity contribution in [3.8, 4) is 0 Å². The Morgan fingerprint density at radius 3 is 2.50 bits per heavy atom. The molecule has 0 unspecified atom stereocenters. The lowest BCUT2D eigenvalue weighted by Crippen LogP contribution is -2.29. The molecule has 1 rings (SSSR count). The molecule has 0 N–H and O–H groups in total. The Morgan fingerprint density at radius 2 is 2.00 bits per heavy atom. The van der Waals surface area contributed by atoms with Gasteiger partial charge in [-0.3, -0.25) is 9.29 Å². The Morgan fingerprint density at radius 1 is 1.43 bits per heavy atom. The van der Waals surface area contributed by atoms with Crippen LogP contribution in [0.15, 0.2) is 24.5 Å². The number of anilines is 1. The molecule has 6 heteroatoms. The summed E-state index contributed by atoms with van der Waals surface area (Å²) in [6.07, 6.45) is 3.09. The van der Waals surface area contributed by atoms with Crippen molar-refractivity contribution in [2.75, 3.05) is 23.0 Å². The first-order valence-electron chi connectivity index (χ1n) is 4.00. The van der Waals surface area contributed by atoms with Crippen molar-refractivity contribution in [3.05, 3.63) is 24.5 Å². The number of hydrogen-bond acceptors (Lipinski definition) is 3. The van der Waals surface area contributed by atoms with Crippen LogP contribution in [-0.4, -0.2) is 32.1 Å². The first-order valence-corrected chi connectivity index (χ1v) is 6.15. The van der Waals surface area contributed by atoms with E-state index in [0.29, 0.717) is 5.69 Å². The molecule has 0 amide bonds. The van der Waals surface area contributed by atoms with Crippen LogP contribution < -0.4 is 4.31 Å². The molecule has 0 radical (unpaired) electrons. The van der Waals surface area contributed by atoms with E-state index < -0.39 is 10.0 Å². The molecular weight excluding hydrogens is 224 g/mol. The lowest BCUT2D eigenvalue weighted by Gasteiger charge is -2.18. The molecule has 0 aliphatic heterocycles. The molecule has 1 aromatic rings. The Balaban J connectivity index is 2.91. The molecule has 1 aromatic heterocycles. The first kappa shape index (κ1) is 11.3. The summed E-state index contributed by atoms with van der Waals surface area (Å²) >= 11 is 5.40. The van der Waals surface area contributed by atoms with E-state index in [1.807, 2.05) is 0 Å². The van der Waals surface area contributed by atoms with Crippen LogP contribution in [0.1, 0.15) is 0 Å². The predicted octanol–water partition coefficient (Wildman–Crippen LogP) is 1.09. The SMILES string of the molecule is CN(c1ccncc1)S(=O)(=O)CCCl. The van der Waals surface area contributed by atoms with Gasteiger partial charge in [0.1, 0.15) is 0 Å². The third kappa shape index (κ3) is 2.59. The van der Waals surface area contributed by atoms with Crippen LogP contribution >= 0.6 is 11.6 Å². The molecule has 0 aromatic carbocycles. The summed E-state index contributed by atoms with van der Waals surface area (Å²) < 4.78 is 24.3. The number of pyridine rings is 1. The lowest BCUT2D eigenvalue weighted by atomic mass is 10.4. The average Bonchev–Trinajstić information content (AvgIpc) is 2.18. The maximum Gasteiger partial charge on any atom is 0.236 e. The molecule has 14 heavy (non-hydrogen) atoms. The largest absolute Gasteiger partial charge is 0.273 e. The molecule has 78 valence electrons. The fourth-order valence-electron chi connectivity index (χ4n) is 0.949. The highest BCUT2D eigenvalue weighted by Crippen LogP contribution is 2.14. The molecule has 0 saturated carbocycles. The maximum atomic E-state index is 11.6. The van der Waals surface area contributed by atoms with E-state index >= 15 is 0 Å². The molecule has 0 bridgehead atoms. The highest BCUT2D eigenvalue weighted by Gasteiger charge is 2.16. The normalized spacial score (nSPS) is 11.3. The Labute approximate surface area is 88.6 Å². The van der Waals surface area contributed by atoms with Crippen molar-refractivity contribution in [3.63, 3.8) is 0 Å². The summed E-state index contributed by atoms with van der Waals surface area (Å²) in [6, 6.07) is 3.26. The molecule has 1 heterocycles. The second-order valence-corrected chi connectivity index (χ2v) is 5.18. The minimum absolute atomic E-state index is 0.0621. The summed E-state index contributed by atoms with van der Waals surface area (Å²) in [5.74, 6) is 0.0329. The van der Waals surface area contributed by atoms with E-state index in [4.69, 9.17) is 11.6 Å². The van der Waals surface area contributed by atoms with Crippen LogP contribution in [0.3, 0.4) is 0 Å². The predicted molar refractivity (Wildman–Crippen MR) is 57.1 cm³/mol. The van der Waals surface area contributed by atoms with Crippen molar-refractivity contribution >= 4 is 27.3 Å². The zero-order chi connectivity index (χ0) is 10.6. The van der Waals surface area contributed by atoms with Crippen molar-refractivity contribution < 1.29 is 8.42 Å². The third-order valence-electron chi connectivity index (χ3n) is 1.78. The summed E-state index contributed by atoms with van der Waals surface area (Å²) in [7, 11) is -1.79. The van der Waals surface area contributed by atoms with Gasteiger partial charge in [-0.05, 0) is 12.1 Å². The van der Waals surface area contributed by atoms with E-state index in [1.165, 1.54) is 11.4 Å². The van der Waals surface area contributed by atoms with Gasteiger partial charge in [0.25, 0.3) is 0 Å². The number of aromatic nitrogens is 1. The number of sulfonamides is 1. The van der Waals surface area contributed by atoms with Gasteiger partial charge in [0.2, 0.25) is 10.0 Å². The van der Waals surface area contributed by atoms with Crippen LogP contribution in [0.2, 0.25) is 0 Å². The molecule has 0 saturated heterocycles. The van der Waals surface area contributed by atoms with Crippen molar-refractivity contribution in [2.24, 2.45) is 0 Å². The monoisotopic (exact) mass is 234 g/mol.